The molecule has 3 aromatic rings. The van der Waals surface area contributed by atoms with Crippen LogP contribution in [0.2, 0.25) is 0 Å². The fraction of sp³-hybridized carbons (Fsp3) is 0.357. The molecule has 1 spiro atoms. The van der Waals surface area contributed by atoms with Crippen molar-refractivity contribution in [3.63, 3.8) is 0 Å². The average molecular weight is 469 g/mol. The van der Waals surface area contributed by atoms with Crippen molar-refractivity contribution in [1.82, 2.24) is 14.8 Å². The van der Waals surface area contributed by atoms with Gasteiger partial charge in [-0.2, -0.15) is 0 Å². The topological polar surface area (TPSA) is 65.9 Å². The number of carbonyl (C=O) groups is 2. The lowest BCUT2D eigenvalue weighted by molar-refractivity contribution is -0.139. The summed E-state index contributed by atoms with van der Waals surface area (Å²) in [5.41, 5.74) is 1.88. The van der Waals surface area contributed by atoms with E-state index in [1.54, 1.807) is 18.3 Å². The Hall–Kier alpha value is -3.61. The van der Waals surface area contributed by atoms with Gasteiger partial charge in [0.15, 0.2) is 5.82 Å². The number of hydrogen-bond acceptors (Lipinski definition) is 4. The van der Waals surface area contributed by atoms with E-state index in [1.165, 1.54) is 0 Å². The number of likely N-dealkylation sites (tertiary alicyclic amines) is 1. The van der Waals surface area contributed by atoms with Crippen molar-refractivity contribution in [3.05, 3.63) is 66.1 Å². The van der Waals surface area contributed by atoms with E-state index in [4.69, 9.17) is 4.99 Å². The lowest BCUT2D eigenvalue weighted by Gasteiger charge is -2.41. The van der Waals surface area contributed by atoms with Crippen LogP contribution in [0, 0.1) is 17.7 Å². The van der Waals surface area contributed by atoms with Gasteiger partial charge < -0.3 is 4.90 Å². The Morgan fingerprint density at radius 2 is 1.77 bits per heavy atom. The molecule has 3 heterocycles. The summed E-state index contributed by atoms with van der Waals surface area (Å²) in [5, 5.41) is 0.767. The maximum absolute atomic E-state index is 15.1. The monoisotopic (exact) mass is 468 g/mol. The number of amides is 2. The van der Waals surface area contributed by atoms with E-state index in [0.29, 0.717) is 36.6 Å². The predicted octanol–water partition coefficient (Wildman–Crippen LogP) is 4.03. The molecule has 176 valence electrons. The second-order valence-electron chi connectivity index (χ2n) is 10.3. The minimum atomic E-state index is -0.586. The zero-order valence-electron chi connectivity index (χ0n) is 19.3. The zero-order chi connectivity index (χ0) is 23.7. The first-order chi connectivity index (χ1) is 17.0. The molecule has 1 aromatic heterocycles. The van der Waals surface area contributed by atoms with E-state index in [1.807, 2.05) is 46.2 Å². The molecule has 7 heteroatoms. The molecule has 2 aromatic carbocycles. The largest absolute Gasteiger partial charge is 0.342 e. The Morgan fingerprint density at radius 1 is 1.03 bits per heavy atom. The molecular formula is C28H25FN4O2. The molecule has 7 rings (SSSR count). The van der Waals surface area contributed by atoms with Gasteiger partial charge in [0.1, 0.15) is 16.9 Å². The van der Waals surface area contributed by atoms with Crippen LogP contribution in [0.1, 0.15) is 31.2 Å². The number of hydrogen-bond donors (Lipinski definition) is 0. The highest BCUT2D eigenvalue weighted by Crippen LogP contribution is 2.46. The van der Waals surface area contributed by atoms with Gasteiger partial charge in [-0.25, -0.2) is 4.39 Å². The fourth-order valence-electron chi connectivity index (χ4n) is 5.34. The van der Waals surface area contributed by atoms with Crippen molar-refractivity contribution < 1.29 is 14.0 Å². The van der Waals surface area contributed by atoms with Crippen LogP contribution in [0.15, 0.2) is 59.7 Å². The van der Waals surface area contributed by atoms with Crippen LogP contribution >= 0.6 is 0 Å². The van der Waals surface area contributed by atoms with Crippen molar-refractivity contribution in [3.8, 4) is 11.1 Å². The van der Waals surface area contributed by atoms with E-state index >= 15 is 4.39 Å². The molecule has 3 fully saturated rings. The molecule has 0 atom stereocenters. The average Bonchev–Trinajstić information content (AvgIpc) is 3.77. The lowest BCUT2D eigenvalue weighted by atomic mass is 9.97. The molecule has 2 aliphatic carbocycles. The van der Waals surface area contributed by atoms with Gasteiger partial charge in [0.25, 0.3) is 5.91 Å². The van der Waals surface area contributed by atoms with Gasteiger partial charge in [-0.15, -0.1) is 0 Å². The Labute approximate surface area is 202 Å². The number of fused-ring (bicyclic) bond motifs is 1. The summed E-state index contributed by atoms with van der Waals surface area (Å²) in [6.07, 6.45) is 5.20. The Balaban J connectivity index is 1.13. The van der Waals surface area contributed by atoms with Gasteiger partial charge in [-0.1, -0.05) is 42.5 Å². The molecule has 1 saturated heterocycles. The first-order valence-corrected chi connectivity index (χ1v) is 12.4. The Kier molecular flexibility index (Phi) is 4.41. The highest BCUT2D eigenvalue weighted by atomic mass is 19.1. The molecule has 2 saturated carbocycles. The first kappa shape index (κ1) is 20.7. The SMILES string of the molecule is O=C(C1CC1)N1CC(CN2C(=O)C3(CC3)N=C2c2ccc(-c3ccc4cccnc4c3F)cc2)C1. The van der Waals surface area contributed by atoms with Gasteiger partial charge >= 0.3 is 0 Å². The Morgan fingerprint density at radius 3 is 2.49 bits per heavy atom. The zero-order valence-corrected chi connectivity index (χ0v) is 19.3. The number of carbonyl (C=O) groups excluding carboxylic acids is 2. The maximum atomic E-state index is 15.1. The summed E-state index contributed by atoms with van der Waals surface area (Å²) < 4.78 is 15.1. The molecule has 4 aliphatic rings. The number of amidine groups is 1. The van der Waals surface area contributed by atoms with Crippen molar-refractivity contribution in [2.24, 2.45) is 16.8 Å². The molecule has 35 heavy (non-hydrogen) atoms. The quantitative estimate of drug-likeness (QED) is 0.568. The first-order valence-electron chi connectivity index (χ1n) is 12.4. The summed E-state index contributed by atoms with van der Waals surface area (Å²) in [7, 11) is 0. The van der Waals surface area contributed by atoms with E-state index in [0.717, 1.165) is 42.2 Å². The number of benzene rings is 2. The third-order valence-corrected chi connectivity index (χ3v) is 7.75. The molecular weight excluding hydrogens is 443 g/mol. The van der Waals surface area contributed by atoms with E-state index < -0.39 is 5.54 Å². The third-order valence-electron chi connectivity index (χ3n) is 7.75. The van der Waals surface area contributed by atoms with Crippen molar-refractivity contribution >= 4 is 28.6 Å². The smallest absolute Gasteiger partial charge is 0.256 e. The number of pyridine rings is 1. The normalized spacial score (nSPS) is 20.9. The summed E-state index contributed by atoms with van der Waals surface area (Å²) in [6, 6.07) is 14.9. The van der Waals surface area contributed by atoms with Crippen LogP contribution < -0.4 is 0 Å². The van der Waals surface area contributed by atoms with Gasteiger partial charge in [0, 0.05) is 54.2 Å². The van der Waals surface area contributed by atoms with E-state index in [-0.39, 0.29) is 29.5 Å². The molecule has 0 radical (unpaired) electrons. The molecule has 0 N–H and O–H groups in total. The minimum Gasteiger partial charge on any atom is -0.342 e. The maximum Gasteiger partial charge on any atom is 0.256 e. The molecule has 2 aliphatic heterocycles. The van der Waals surface area contributed by atoms with Crippen LogP contribution in [0.4, 0.5) is 4.39 Å². The van der Waals surface area contributed by atoms with Crippen LogP contribution in [-0.2, 0) is 9.59 Å². The molecule has 0 bridgehead atoms. The van der Waals surface area contributed by atoms with E-state index in [9.17, 15) is 9.59 Å². The van der Waals surface area contributed by atoms with Crippen molar-refractivity contribution in [2.45, 2.75) is 31.2 Å². The number of halogens is 1. The van der Waals surface area contributed by atoms with Gasteiger partial charge in [0.2, 0.25) is 5.91 Å². The summed E-state index contributed by atoms with van der Waals surface area (Å²) in [5.74, 6) is 1.23. The van der Waals surface area contributed by atoms with Gasteiger partial charge in [-0.3, -0.25) is 24.5 Å². The summed E-state index contributed by atoms with van der Waals surface area (Å²) in [4.78, 5) is 38.3. The lowest BCUT2D eigenvalue weighted by Crippen LogP contribution is -2.55. The predicted molar refractivity (Wildman–Crippen MR) is 130 cm³/mol. The fourth-order valence-corrected chi connectivity index (χ4v) is 5.34. The molecule has 0 unspecified atom stereocenters. The standard InChI is InChI=1S/C28H25FN4O2/c29-23-22(10-9-19-2-1-13-30-24(19)23)18-3-5-20(6-4-18)25-31-28(11-12-28)27(35)33(25)16-17-14-32(15-17)26(34)21-7-8-21/h1-6,9-10,13,17,21H,7-8,11-12,14-16H2. The van der Waals surface area contributed by atoms with Crippen LogP contribution in [0.3, 0.4) is 0 Å². The van der Waals surface area contributed by atoms with Gasteiger partial charge in [0.05, 0.1) is 0 Å². The van der Waals surface area contributed by atoms with Gasteiger partial charge in [-0.05, 0) is 37.3 Å². The van der Waals surface area contributed by atoms with Crippen LogP contribution in [-0.4, -0.2) is 57.6 Å². The summed E-state index contributed by atoms with van der Waals surface area (Å²) in [6.45, 7) is 2.02. The highest BCUT2D eigenvalue weighted by molar-refractivity contribution is 6.16. The summed E-state index contributed by atoms with van der Waals surface area (Å²) >= 11 is 0. The Bertz CT molecular complexity index is 1400. The number of aliphatic imine (C=N–C) groups is 1. The third kappa shape index (κ3) is 3.36. The van der Waals surface area contributed by atoms with Crippen molar-refractivity contribution in [2.75, 3.05) is 19.6 Å². The number of nitrogens with zero attached hydrogens (tertiary/aromatic N) is 4. The van der Waals surface area contributed by atoms with Crippen LogP contribution in [0.25, 0.3) is 22.0 Å². The second kappa shape index (κ2) is 7.44. The van der Waals surface area contributed by atoms with E-state index in [2.05, 4.69) is 4.98 Å². The second-order valence-corrected chi connectivity index (χ2v) is 10.3. The molecule has 6 nitrogen and oxygen atoms in total. The number of aromatic nitrogens is 1. The highest BCUT2D eigenvalue weighted by Gasteiger charge is 2.57. The number of rotatable bonds is 5. The van der Waals surface area contributed by atoms with Crippen LogP contribution in [0.5, 0.6) is 0 Å². The minimum absolute atomic E-state index is 0.0789. The van der Waals surface area contributed by atoms with Crippen molar-refractivity contribution in [1.29, 1.82) is 0 Å². The molecule has 2 amide bonds.